The smallest absolute Gasteiger partial charge is 0.203 e. The molecule has 0 aromatic heterocycles. The molecule has 0 fully saturated rings. The molecular formula is C16H6Cl2O2S2. The summed E-state index contributed by atoms with van der Waals surface area (Å²) < 4.78 is 0. The third-order valence-corrected chi connectivity index (χ3v) is 6.51. The molecule has 2 aromatic rings. The summed E-state index contributed by atoms with van der Waals surface area (Å²) in [6.07, 6.45) is 0. The van der Waals surface area contributed by atoms with Crippen LogP contribution in [0.15, 0.2) is 56.0 Å². The molecule has 2 aliphatic rings. The average Bonchev–Trinajstić information content (AvgIpc) is 2.99. The Hall–Kier alpha value is -1.20. The SMILES string of the molecule is O=C1/C(=C2/Sc3cccc(Cl)c3C2=O)Sc2cccc(Cl)c21. The Kier molecular flexibility index (Phi) is 3.38. The highest BCUT2D eigenvalue weighted by Gasteiger charge is 2.37. The number of thioether (sulfide) groups is 2. The molecule has 4 rings (SSSR count). The van der Waals surface area contributed by atoms with Gasteiger partial charge >= 0.3 is 0 Å². The summed E-state index contributed by atoms with van der Waals surface area (Å²) in [6.45, 7) is 0. The molecule has 0 saturated heterocycles. The maximum atomic E-state index is 12.6. The zero-order valence-corrected chi connectivity index (χ0v) is 14.0. The fraction of sp³-hybridized carbons (Fsp3) is 0. The van der Waals surface area contributed by atoms with Gasteiger partial charge in [-0.3, -0.25) is 9.59 Å². The van der Waals surface area contributed by atoms with Gasteiger partial charge in [-0.15, -0.1) is 0 Å². The molecule has 2 heterocycles. The molecule has 0 atom stereocenters. The zero-order valence-electron chi connectivity index (χ0n) is 10.9. The number of allylic oxidation sites excluding steroid dienone is 2. The van der Waals surface area contributed by atoms with Crippen LogP contribution in [0, 0.1) is 0 Å². The van der Waals surface area contributed by atoms with Crippen LogP contribution in [0.25, 0.3) is 0 Å². The Morgan fingerprint density at radius 3 is 1.45 bits per heavy atom. The number of hydrogen-bond donors (Lipinski definition) is 0. The van der Waals surface area contributed by atoms with Crippen molar-refractivity contribution in [3.05, 3.63) is 67.4 Å². The van der Waals surface area contributed by atoms with E-state index in [1.165, 1.54) is 23.5 Å². The molecule has 22 heavy (non-hydrogen) atoms. The largest absolute Gasteiger partial charge is 0.288 e. The first-order valence-electron chi connectivity index (χ1n) is 6.34. The van der Waals surface area contributed by atoms with Crippen molar-refractivity contribution in [2.75, 3.05) is 0 Å². The highest BCUT2D eigenvalue weighted by Crippen LogP contribution is 2.51. The molecule has 0 bridgehead atoms. The fourth-order valence-electron chi connectivity index (χ4n) is 2.46. The van der Waals surface area contributed by atoms with Crippen LogP contribution in [-0.2, 0) is 0 Å². The van der Waals surface area contributed by atoms with Crippen molar-refractivity contribution in [1.29, 1.82) is 0 Å². The van der Waals surface area contributed by atoms with Crippen molar-refractivity contribution in [2.24, 2.45) is 0 Å². The Balaban J connectivity index is 1.87. The lowest BCUT2D eigenvalue weighted by Crippen LogP contribution is -2.02. The second kappa shape index (κ2) is 5.17. The van der Waals surface area contributed by atoms with Gasteiger partial charge in [0.25, 0.3) is 0 Å². The number of Topliss-reactive ketones (excluding diaryl/α,β-unsaturated/α-hetero) is 2. The number of carbonyl (C=O) groups excluding carboxylic acids is 2. The van der Waals surface area contributed by atoms with Crippen molar-refractivity contribution in [3.63, 3.8) is 0 Å². The van der Waals surface area contributed by atoms with Gasteiger partial charge in [-0.1, -0.05) is 58.9 Å². The lowest BCUT2D eigenvalue weighted by molar-refractivity contribution is 0.101. The van der Waals surface area contributed by atoms with Crippen LogP contribution in [0.2, 0.25) is 10.0 Å². The summed E-state index contributed by atoms with van der Waals surface area (Å²) in [7, 11) is 0. The number of carbonyl (C=O) groups is 2. The average molecular weight is 365 g/mol. The summed E-state index contributed by atoms with van der Waals surface area (Å²) in [5.41, 5.74) is 0.958. The Labute approximate surface area is 144 Å². The van der Waals surface area contributed by atoms with E-state index in [0.29, 0.717) is 31.0 Å². The highest BCUT2D eigenvalue weighted by molar-refractivity contribution is 8.08. The molecule has 0 unspecified atom stereocenters. The van der Waals surface area contributed by atoms with Crippen LogP contribution >= 0.6 is 46.7 Å². The number of benzene rings is 2. The number of hydrogen-bond acceptors (Lipinski definition) is 4. The molecule has 108 valence electrons. The summed E-state index contributed by atoms with van der Waals surface area (Å²) in [4.78, 5) is 27.7. The second-order valence-corrected chi connectivity index (χ2v) is 7.67. The van der Waals surface area contributed by atoms with Crippen molar-refractivity contribution >= 4 is 58.3 Å². The monoisotopic (exact) mass is 364 g/mol. The van der Waals surface area contributed by atoms with Gasteiger partial charge in [0.05, 0.1) is 31.0 Å². The molecule has 0 radical (unpaired) electrons. The highest BCUT2D eigenvalue weighted by atomic mass is 35.5. The minimum absolute atomic E-state index is 0.189. The summed E-state index contributed by atoms with van der Waals surface area (Å²) in [5.74, 6) is -0.379. The summed E-state index contributed by atoms with van der Waals surface area (Å²) >= 11 is 14.8. The lowest BCUT2D eigenvalue weighted by atomic mass is 10.1. The van der Waals surface area contributed by atoms with E-state index in [4.69, 9.17) is 23.2 Å². The quantitative estimate of drug-likeness (QED) is 0.579. The van der Waals surface area contributed by atoms with Crippen molar-refractivity contribution in [1.82, 2.24) is 0 Å². The Morgan fingerprint density at radius 2 is 1.09 bits per heavy atom. The Morgan fingerprint density at radius 1 is 0.682 bits per heavy atom. The Bertz CT molecular complexity index is 830. The van der Waals surface area contributed by atoms with Crippen LogP contribution in [0.5, 0.6) is 0 Å². The predicted octanol–water partition coefficient (Wildman–Crippen LogP) is 5.48. The standard InChI is InChI=1S/C16H6Cl2O2S2/c17-7-3-1-5-9-11(7)13(19)15(21-9)16-14(20)12-8(18)4-2-6-10(12)22-16/h1-6H/b16-15-. The minimum Gasteiger partial charge on any atom is -0.288 e. The van der Waals surface area contributed by atoms with Gasteiger partial charge in [-0.2, -0.15) is 0 Å². The first kappa shape index (κ1) is 14.4. The third-order valence-electron chi connectivity index (χ3n) is 3.45. The number of fused-ring (bicyclic) bond motifs is 2. The first-order valence-corrected chi connectivity index (χ1v) is 8.73. The molecule has 0 N–H and O–H groups in total. The van der Waals surface area contributed by atoms with Gasteiger partial charge in [-0.25, -0.2) is 0 Å². The number of ketones is 2. The van der Waals surface area contributed by atoms with Crippen LogP contribution < -0.4 is 0 Å². The van der Waals surface area contributed by atoms with E-state index in [-0.39, 0.29) is 11.6 Å². The van der Waals surface area contributed by atoms with Crippen LogP contribution in [0.4, 0.5) is 0 Å². The van der Waals surface area contributed by atoms with Crippen molar-refractivity contribution in [3.8, 4) is 0 Å². The van der Waals surface area contributed by atoms with E-state index < -0.39 is 0 Å². The maximum Gasteiger partial charge on any atom is 0.203 e. The van der Waals surface area contributed by atoms with E-state index in [2.05, 4.69) is 0 Å². The summed E-state index contributed by atoms with van der Waals surface area (Å²) in [6, 6.07) is 10.6. The third kappa shape index (κ3) is 1.98. The molecule has 2 aromatic carbocycles. The van der Waals surface area contributed by atoms with E-state index in [0.717, 1.165) is 9.79 Å². The maximum absolute atomic E-state index is 12.6. The molecule has 0 amide bonds. The first-order chi connectivity index (χ1) is 10.6. The van der Waals surface area contributed by atoms with Crippen LogP contribution in [0.3, 0.4) is 0 Å². The van der Waals surface area contributed by atoms with Gasteiger partial charge in [0.2, 0.25) is 11.6 Å². The summed E-state index contributed by atoms with van der Waals surface area (Å²) in [5, 5.41) is 0.827. The molecule has 0 aliphatic carbocycles. The lowest BCUT2D eigenvalue weighted by Gasteiger charge is -1.99. The molecular weight excluding hydrogens is 359 g/mol. The van der Waals surface area contributed by atoms with Crippen LogP contribution in [-0.4, -0.2) is 11.6 Å². The second-order valence-electron chi connectivity index (χ2n) is 4.75. The predicted molar refractivity (Wildman–Crippen MR) is 90.3 cm³/mol. The van der Waals surface area contributed by atoms with Gasteiger partial charge in [0, 0.05) is 9.79 Å². The molecule has 6 heteroatoms. The van der Waals surface area contributed by atoms with E-state index >= 15 is 0 Å². The normalized spacial score (nSPS) is 19.5. The molecule has 0 spiro atoms. The van der Waals surface area contributed by atoms with Crippen LogP contribution in [0.1, 0.15) is 20.7 Å². The molecule has 2 nitrogen and oxygen atoms in total. The zero-order chi connectivity index (χ0) is 15.4. The molecule has 0 saturated carbocycles. The van der Waals surface area contributed by atoms with E-state index in [9.17, 15) is 9.59 Å². The minimum atomic E-state index is -0.189. The van der Waals surface area contributed by atoms with Gasteiger partial charge in [-0.05, 0) is 24.3 Å². The van der Waals surface area contributed by atoms with E-state index in [1.54, 1.807) is 24.3 Å². The van der Waals surface area contributed by atoms with E-state index in [1.807, 2.05) is 12.1 Å². The number of halogens is 2. The van der Waals surface area contributed by atoms with Crippen molar-refractivity contribution < 1.29 is 9.59 Å². The van der Waals surface area contributed by atoms with Gasteiger partial charge < -0.3 is 0 Å². The van der Waals surface area contributed by atoms with Crippen molar-refractivity contribution in [2.45, 2.75) is 9.79 Å². The topological polar surface area (TPSA) is 34.1 Å². The van der Waals surface area contributed by atoms with Gasteiger partial charge in [0.15, 0.2) is 0 Å². The molecule has 2 aliphatic heterocycles. The fourth-order valence-corrected chi connectivity index (χ4v) is 5.44. The van der Waals surface area contributed by atoms with Gasteiger partial charge in [0.1, 0.15) is 0 Å². The number of rotatable bonds is 0.